The number of hydrogen-bond donors (Lipinski definition) is 0. The fourth-order valence-corrected chi connectivity index (χ4v) is 4.23. The van der Waals surface area contributed by atoms with Crippen LogP contribution in [-0.4, -0.2) is 20.9 Å². The molecule has 5 heteroatoms. The topological polar surface area (TPSA) is 30.2 Å². The SMILES string of the molecule is CSc1nc2ccnn2c2c1CSc1ccccc1-2. The highest BCUT2D eigenvalue weighted by atomic mass is 32.2. The fourth-order valence-electron chi connectivity index (χ4n) is 2.47. The number of benzene rings is 1. The van der Waals surface area contributed by atoms with Crippen molar-refractivity contribution in [2.75, 3.05) is 6.26 Å². The molecule has 1 aliphatic heterocycles. The van der Waals surface area contributed by atoms with Crippen molar-refractivity contribution in [3.63, 3.8) is 0 Å². The van der Waals surface area contributed by atoms with E-state index in [-0.39, 0.29) is 0 Å². The van der Waals surface area contributed by atoms with Crippen LogP contribution in [0.15, 0.2) is 46.5 Å². The Labute approximate surface area is 119 Å². The highest BCUT2D eigenvalue weighted by molar-refractivity contribution is 7.99. The Morgan fingerprint density at radius 2 is 2.16 bits per heavy atom. The molecular weight excluding hydrogens is 274 g/mol. The molecule has 0 spiro atoms. The summed E-state index contributed by atoms with van der Waals surface area (Å²) >= 11 is 3.59. The molecule has 3 heterocycles. The van der Waals surface area contributed by atoms with Crippen LogP contribution in [0.5, 0.6) is 0 Å². The second-order valence-corrected chi connectivity index (χ2v) is 6.15. The molecule has 0 saturated carbocycles. The predicted octanol–water partition coefficient (Wildman–Crippen LogP) is 3.72. The van der Waals surface area contributed by atoms with E-state index in [2.05, 4.69) is 35.6 Å². The van der Waals surface area contributed by atoms with Crippen molar-refractivity contribution in [1.29, 1.82) is 0 Å². The van der Waals surface area contributed by atoms with Crippen LogP contribution in [0.25, 0.3) is 16.9 Å². The third-order valence-electron chi connectivity index (χ3n) is 3.30. The van der Waals surface area contributed by atoms with Crippen molar-refractivity contribution in [2.24, 2.45) is 0 Å². The lowest BCUT2D eigenvalue weighted by Crippen LogP contribution is -2.07. The van der Waals surface area contributed by atoms with Crippen molar-refractivity contribution in [1.82, 2.24) is 14.6 Å². The van der Waals surface area contributed by atoms with Crippen LogP contribution in [0, 0.1) is 0 Å². The lowest BCUT2D eigenvalue weighted by molar-refractivity contribution is 0.896. The summed E-state index contributed by atoms with van der Waals surface area (Å²) in [6.45, 7) is 0. The van der Waals surface area contributed by atoms with Gasteiger partial charge in [-0.15, -0.1) is 23.5 Å². The zero-order valence-electron chi connectivity index (χ0n) is 10.3. The van der Waals surface area contributed by atoms with Crippen LogP contribution >= 0.6 is 23.5 Å². The second kappa shape index (κ2) is 4.28. The molecule has 0 N–H and O–H groups in total. The summed E-state index contributed by atoms with van der Waals surface area (Å²) in [5.41, 5.74) is 4.69. The molecule has 4 rings (SSSR count). The van der Waals surface area contributed by atoms with Crippen LogP contribution in [-0.2, 0) is 5.75 Å². The molecular formula is C14H11N3S2. The maximum absolute atomic E-state index is 4.69. The van der Waals surface area contributed by atoms with Gasteiger partial charge in [0.2, 0.25) is 0 Å². The van der Waals surface area contributed by atoms with Gasteiger partial charge in [0, 0.05) is 27.8 Å². The maximum Gasteiger partial charge on any atom is 0.156 e. The van der Waals surface area contributed by atoms with Gasteiger partial charge in [0.1, 0.15) is 5.03 Å². The Morgan fingerprint density at radius 3 is 3.05 bits per heavy atom. The van der Waals surface area contributed by atoms with Gasteiger partial charge in [-0.25, -0.2) is 9.50 Å². The van der Waals surface area contributed by atoms with E-state index in [1.165, 1.54) is 21.7 Å². The summed E-state index contributed by atoms with van der Waals surface area (Å²) < 4.78 is 1.97. The van der Waals surface area contributed by atoms with E-state index in [1.54, 1.807) is 11.8 Å². The van der Waals surface area contributed by atoms with Crippen LogP contribution in [0.4, 0.5) is 0 Å². The van der Waals surface area contributed by atoms with Crippen molar-refractivity contribution < 1.29 is 0 Å². The molecule has 0 fully saturated rings. The van der Waals surface area contributed by atoms with E-state index in [9.17, 15) is 0 Å². The highest BCUT2D eigenvalue weighted by Gasteiger charge is 2.23. The van der Waals surface area contributed by atoms with Gasteiger partial charge in [-0.1, -0.05) is 18.2 Å². The summed E-state index contributed by atoms with van der Waals surface area (Å²) in [6, 6.07) is 10.5. The molecule has 0 bridgehead atoms. The predicted molar refractivity (Wildman–Crippen MR) is 79.8 cm³/mol. The van der Waals surface area contributed by atoms with Gasteiger partial charge in [0.05, 0.1) is 11.9 Å². The van der Waals surface area contributed by atoms with E-state index in [0.717, 1.165) is 16.4 Å². The molecule has 2 aromatic heterocycles. The average molecular weight is 285 g/mol. The molecule has 94 valence electrons. The number of thioether (sulfide) groups is 2. The zero-order valence-corrected chi connectivity index (χ0v) is 12.0. The summed E-state index contributed by atoms with van der Waals surface area (Å²) in [5, 5.41) is 5.56. The third-order valence-corrected chi connectivity index (χ3v) is 5.13. The average Bonchev–Trinajstić information content (AvgIpc) is 2.93. The van der Waals surface area contributed by atoms with Crippen molar-refractivity contribution >= 4 is 29.2 Å². The summed E-state index contributed by atoms with van der Waals surface area (Å²) in [4.78, 5) is 6.01. The lowest BCUT2D eigenvalue weighted by Gasteiger charge is -2.21. The zero-order chi connectivity index (χ0) is 12.8. The minimum absolute atomic E-state index is 0.921. The van der Waals surface area contributed by atoms with Gasteiger partial charge in [0.15, 0.2) is 5.65 Å². The van der Waals surface area contributed by atoms with E-state index in [0.29, 0.717) is 0 Å². The van der Waals surface area contributed by atoms with Crippen molar-refractivity contribution in [3.05, 3.63) is 42.1 Å². The fraction of sp³-hybridized carbons (Fsp3) is 0.143. The quantitative estimate of drug-likeness (QED) is 0.503. The summed E-state index contributed by atoms with van der Waals surface area (Å²) in [5.74, 6) is 0.964. The number of hydrogen-bond acceptors (Lipinski definition) is 4. The molecule has 0 unspecified atom stereocenters. The maximum atomic E-state index is 4.69. The third kappa shape index (κ3) is 1.61. The lowest BCUT2D eigenvalue weighted by atomic mass is 10.1. The van der Waals surface area contributed by atoms with E-state index in [1.807, 2.05) is 28.5 Å². The van der Waals surface area contributed by atoms with Gasteiger partial charge in [-0.2, -0.15) is 5.10 Å². The number of nitrogens with zero attached hydrogens (tertiary/aromatic N) is 3. The van der Waals surface area contributed by atoms with E-state index in [4.69, 9.17) is 4.98 Å². The Morgan fingerprint density at radius 1 is 1.26 bits per heavy atom. The van der Waals surface area contributed by atoms with Gasteiger partial charge < -0.3 is 0 Å². The largest absolute Gasteiger partial charge is 0.222 e. The molecule has 19 heavy (non-hydrogen) atoms. The number of aromatic nitrogens is 3. The van der Waals surface area contributed by atoms with Gasteiger partial charge in [-0.05, 0) is 12.3 Å². The first-order valence-corrected chi connectivity index (χ1v) is 8.22. The molecule has 3 aromatic rings. The molecule has 1 aromatic carbocycles. The molecule has 0 radical (unpaired) electrons. The molecule has 0 saturated heterocycles. The Hall–Kier alpha value is -1.46. The van der Waals surface area contributed by atoms with Crippen LogP contribution < -0.4 is 0 Å². The van der Waals surface area contributed by atoms with Gasteiger partial charge >= 0.3 is 0 Å². The number of rotatable bonds is 1. The molecule has 3 nitrogen and oxygen atoms in total. The first-order chi connectivity index (χ1) is 9.38. The normalized spacial score (nSPS) is 13.3. The molecule has 0 amide bonds. The van der Waals surface area contributed by atoms with E-state index < -0.39 is 0 Å². The molecule has 0 aliphatic carbocycles. The van der Waals surface area contributed by atoms with Crippen LogP contribution in [0.1, 0.15) is 5.56 Å². The standard InChI is InChI=1S/C14H11N3S2/c1-18-14-10-8-19-11-5-3-2-4-9(11)13(10)17-12(16-14)6-7-15-17/h2-7H,8H2,1H3. The van der Waals surface area contributed by atoms with Crippen LogP contribution in [0.2, 0.25) is 0 Å². The smallest absolute Gasteiger partial charge is 0.156 e. The van der Waals surface area contributed by atoms with Gasteiger partial charge in [0.25, 0.3) is 0 Å². The summed E-state index contributed by atoms with van der Waals surface area (Å²) in [6.07, 6.45) is 3.90. The summed E-state index contributed by atoms with van der Waals surface area (Å²) in [7, 11) is 0. The minimum Gasteiger partial charge on any atom is -0.222 e. The Balaban J connectivity index is 2.15. The van der Waals surface area contributed by atoms with Gasteiger partial charge in [-0.3, -0.25) is 0 Å². The minimum atomic E-state index is 0.921. The first-order valence-electron chi connectivity index (χ1n) is 6.01. The van der Waals surface area contributed by atoms with E-state index >= 15 is 0 Å². The Kier molecular flexibility index (Phi) is 2.56. The highest BCUT2D eigenvalue weighted by Crippen LogP contribution is 2.43. The molecule has 0 atom stereocenters. The number of fused-ring (bicyclic) bond motifs is 5. The Bertz CT molecular complexity index is 779. The van der Waals surface area contributed by atoms with Crippen LogP contribution in [0.3, 0.4) is 0 Å². The first kappa shape index (κ1) is 11.4. The second-order valence-electron chi connectivity index (χ2n) is 4.33. The van der Waals surface area contributed by atoms with Crippen molar-refractivity contribution in [2.45, 2.75) is 15.7 Å². The van der Waals surface area contributed by atoms with Crippen molar-refractivity contribution in [3.8, 4) is 11.3 Å². The monoisotopic (exact) mass is 285 g/mol. The molecule has 1 aliphatic rings.